The molecular formula is C13H19N3O3S. The Bertz CT molecular complexity index is 653. The van der Waals surface area contributed by atoms with E-state index in [0.29, 0.717) is 24.5 Å². The number of nitrogens with zero attached hydrogens (tertiary/aromatic N) is 1. The van der Waals surface area contributed by atoms with Crippen LogP contribution in [0.3, 0.4) is 0 Å². The van der Waals surface area contributed by atoms with Crippen LogP contribution in [0.2, 0.25) is 0 Å². The van der Waals surface area contributed by atoms with E-state index in [2.05, 4.69) is 5.32 Å². The molecule has 1 saturated heterocycles. The molecule has 0 saturated carbocycles. The minimum atomic E-state index is -3.29. The van der Waals surface area contributed by atoms with E-state index in [1.54, 1.807) is 6.07 Å². The third-order valence-electron chi connectivity index (χ3n) is 3.57. The Hall–Kier alpha value is -1.76. The van der Waals surface area contributed by atoms with Crippen LogP contribution in [0, 0.1) is 0 Å². The van der Waals surface area contributed by atoms with Crippen molar-refractivity contribution in [2.45, 2.75) is 24.3 Å². The molecule has 0 unspecified atom stereocenters. The van der Waals surface area contributed by atoms with Gasteiger partial charge in [0, 0.05) is 19.3 Å². The SMILES string of the molecule is CC1(C)C(=O)NCCN1c1ccc(S(C)(=O)=O)cc1N. The first-order valence-electron chi connectivity index (χ1n) is 6.29. The fraction of sp³-hybridized carbons (Fsp3) is 0.462. The molecule has 1 amide bonds. The predicted molar refractivity (Wildman–Crippen MR) is 78.4 cm³/mol. The van der Waals surface area contributed by atoms with Crippen molar-refractivity contribution in [3.8, 4) is 0 Å². The monoisotopic (exact) mass is 297 g/mol. The molecule has 1 aliphatic heterocycles. The van der Waals surface area contributed by atoms with E-state index in [4.69, 9.17) is 5.73 Å². The molecule has 1 aliphatic rings. The lowest BCUT2D eigenvalue weighted by molar-refractivity contribution is -0.126. The highest BCUT2D eigenvalue weighted by molar-refractivity contribution is 7.90. The van der Waals surface area contributed by atoms with Gasteiger partial charge in [-0.15, -0.1) is 0 Å². The van der Waals surface area contributed by atoms with Gasteiger partial charge in [0.05, 0.1) is 16.3 Å². The van der Waals surface area contributed by atoms with Crippen LogP contribution in [0.4, 0.5) is 11.4 Å². The van der Waals surface area contributed by atoms with Gasteiger partial charge in [-0.3, -0.25) is 4.79 Å². The molecule has 2 rings (SSSR count). The lowest BCUT2D eigenvalue weighted by Gasteiger charge is -2.43. The van der Waals surface area contributed by atoms with Gasteiger partial charge < -0.3 is 16.0 Å². The predicted octanol–water partition coefficient (Wildman–Crippen LogP) is 0.387. The van der Waals surface area contributed by atoms with Gasteiger partial charge in [-0.2, -0.15) is 0 Å². The molecule has 3 N–H and O–H groups in total. The van der Waals surface area contributed by atoms with E-state index in [0.717, 1.165) is 6.26 Å². The summed E-state index contributed by atoms with van der Waals surface area (Å²) < 4.78 is 23.0. The summed E-state index contributed by atoms with van der Waals surface area (Å²) in [4.78, 5) is 14.0. The summed E-state index contributed by atoms with van der Waals surface area (Å²) in [5.74, 6) is -0.0738. The van der Waals surface area contributed by atoms with Crippen LogP contribution in [0.25, 0.3) is 0 Å². The maximum absolute atomic E-state index is 11.9. The Balaban J connectivity index is 2.46. The number of hydrogen-bond donors (Lipinski definition) is 2. The van der Waals surface area contributed by atoms with Crippen molar-refractivity contribution in [3.63, 3.8) is 0 Å². The number of sulfone groups is 1. The van der Waals surface area contributed by atoms with Gasteiger partial charge >= 0.3 is 0 Å². The number of carbonyl (C=O) groups excluding carboxylic acids is 1. The van der Waals surface area contributed by atoms with Gasteiger partial charge in [-0.05, 0) is 32.0 Å². The molecule has 1 aromatic rings. The summed E-state index contributed by atoms with van der Waals surface area (Å²) in [5.41, 5.74) is 6.29. The molecule has 0 bridgehead atoms. The molecule has 20 heavy (non-hydrogen) atoms. The van der Waals surface area contributed by atoms with Gasteiger partial charge in [-0.1, -0.05) is 0 Å². The molecule has 0 radical (unpaired) electrons. The van der Waals surface area contributed by atoms with Gasteiger partial charge in [0.2, 0.25) is 5.91 Å². The minimum absolute atomic E-state index is 0.0738. The molecule has 110 valence electrons. The topological polar surface area (TPSA) is 92.5 Å². The second kappa shape index (κ2) is 4.66. The maximum atomic E-state index is 11.9. The van der Waals surface area contributed by atoms with Gasteiger partial charge in [-0.25, -0.2) is 8.42 Å². The first-order chi connectivity index (χ1) is 9.14. The van der Waals surface area contributed by atoms with E-state index < -0.39 is 15.4 Å². The number of carbonyl (C=O) groups is 1. The van der Waals surface area contributed by atoms with Crippen molar-refractivity contribution in [1.29, 1.82) is 0 Å². The molecule has 6 nitrogen and oxygen atoms in total. The zero-order valence-corrected chi connectivity index (χ0v) is 12.6. The smallest absolute Gasteiger partial charge is 0.245 e. The van der Waals surface area contributed by atoms with Crippen molar-refractivity contribution in [3.05, 3.63) is 18.2 Å². The molecule has 1 fully saturated rings. The third-order valence-corrected chi connectivity index (χ3v) is 4.68. The van der Waals surface area contributed by atoms with Crippen LogP contribution in [-0.4, -0.2) is 39.2 Å². The molecule has 1 heterocycles. The number of nitrogens with one attached hydrogen (secondary N) is 1. The fourth-order valence-electron chi connectivity index (χ4n) is 2.33. The second-order valence-electron chi connectivity index (χ2n) is 5.46. The Kier molecular flexibility index (Phi) is 3.41. The molecule has 0 aromatic heterocycles. The highest BCUT2D eigenvalue weighted by Crippen LogP contribution is 2.32. The van der Waals surface area contributed by atoms with Crippen LogP contribution in [0.15, 0.2) is 23.1 Å². The Morgan fingerprint density at radius 3 is 2.55 bits per heavy atom. The molecular weight excluding hydrogens is 278 g/mol. The number of nitrogens with two attached hydrogens (primary N) is 1. The quantitative estimate of drug-likeness (QED) is 0.770. The second-order valence-corrected chi connectivity index (χ2v) is 7.48. The van der Waals surface area contributed by atoms with Gasteiger partial charge in [0.15, 0.2) is 9.84 Å². The number of rotatable bonds is 2. The number of benzene rings is 1. The summed E-state index contributed by atoms with van der Waals surface area (Å²) in [6.45, 7) is 4.79. The molecule has 0 spiro atoms. The summed E-state index contributed by atoms with van der Waals surface area (Å²) in [7, 11) is -3.29. The van der Waals surface area contributed by atoms with Crippen molar-refractivity contribution in [2.24, 2.45) is 0 Å². The summed E-state index contributed by atoms with van der Waals surface area (Å²) in [6, 6.07) is 4.61. The molecule has 0 atom stereocenters. The number of nitrogen functional groups attached to an aromatic ring is 1. The average molecular weight is 297 g/mol. The van der Waals surface area contributed by atoms with Crippen LogP contribution < -0.4 is 16.0 Å². The van der Waals surface area contributed by atoms with Gasteiger partial charge in [0.1, 0.15) is 5.54 Å². The Morgan fingerprint density at radius 1 is 1.35 bits per heavy atom. The molecule has 7 heteroatoms. The van der Waals surface area contributed by atoms with Crippen LogP contribution in [0.1, 0.15) is 13.8 Å². The summed E-state index contributed by atoms with van der Waals surface area (Å²) in [5, 5.41) is 2.81. The first-order valence-corrected chi connectivity index (χ1v) is 8.18. The number of amides is 1. The largest absolute Gasteiger partial charge is 0.397 e. The average Bonchev–Trinajstić information content (AvgIpc) is 2.32. The van der Waals surface area contributed by atoms with Crippen LogP contribution >= 0.6 is 0 Å². The summed E-state index contributed by atoms with van der Waals surface area (Å²) >= 11 is 0. The molecule has 0 aliphatic carbocycles. The maximum Gasteiger partial charge on any atom is 0.245 e. The van der Waals surface area contributed by atoms with Crippen LogP contribution in [0.5, 0.6) is 0 Å². The third kappa shape index (κ3) is 2.45. The lowest BCUT2D eigenvalue weighted by Crippen LogP contribution is -2.62. The van der Waals surface area contributed by atoms with E-state index >= 15 is 0 Å². The zero-order chi connectivity index (χ0) is 15.1. The van der Waals surface area contributed by atoms with Crippen molar-refractivity contribution in [2.75, 3.05) is 30.0 Å². The highest BCUT2D eigenvalue weighted by atomic mass is 32.2. The number of piperazine rings is 1. The van der Waals surface area contributed by atoms with E-state index in [-0.39, 0.29) is 10.8 Å². The summed E-state index contributed by atoms with van der Waals surface area (Å²) in [6.07, 6.45) is 1.14. The standard InChI is InChI=1S/C13H19N3O3S/c1-13(2)12(17)15-6-7-16(13)11-5-4-9(8-10(11)14)20(3,18)19/h4-5,8H,6-7,14H2,1-3H3,(H,15,17). The zero-order valence-electron chi connectivity index (χ0n) is 11.8. The number of hydrogen-bond acceptors (Lipinski definition) is 5. The van der Waals surface area contributed by atoms with Crippen molar-refractivity contribution >= 4 is 27.1 Å². The van der Waals surface area contributed by atoms with E-state index in [1.165, 1.54) is 12.1 Å². The van der Waals surface area contributed by atoms with E-state index in [1.807, 2.05) is 18.7 Å². The Morgan fingerprint density at radius 2 is 2.00 bits per heavy atom. The van der Waals surface area contributed by atoms with Crippen LogP contribution in [-0.2, 0) is 14.6 Å². The first kappa shape index (κ1) is 14.6. The number of anilines is 2. The normalized spacial score (nSPS) is 18.8. The van der Waals surface area contributed by atoms with Gasteiger partial charge in [0.25, 0.3) is 0 Å². The van der Waals surface area contributed by atoms with Crippen molar-refractivity contribution in [1.82, 2.24) is 5.32 Å². The molecule has 1 aromatic carbocycles. The Labute approximate surface area is 118 Å². The lowest BCUT2D eigenvalue weighted by atomic mass is 9.97. The van der Waals surface area contributed by atoms with E-state index in [9.17, 15) is 13.2 Å². The van der Waals surface area contributed by atoms with Crippen molar-refractivity contribution < 1.29 is 13.2 Å². The highest BCUT2D eigenvalue weighted by Gasteiger charge is 2.38. The fourth-order valence-corrected chi connectivity index (χ4v) is 2.99. The minimum Gasteiger partial charge on any atom is -0.397 e.